The van der Waals surface area contributed by atoms with Gasteiger partial charge in [-0.25, -0.2) is 0 Å². The normalized spacial score (nSPS) is 12.1. The van der Waals surface area contributed by atoms with Crippen LogP contribution in [0.1, 0.15) is 42.6 Å². The van der Waals surface area contributed by atoms with Gasteiger partial charge in [0.05, 0.1) is 10.5 Å². The summed E-state index contributed by atoms with van der Waals surface area (Å²) in [6.45, 7) is 3.73. The molecule has 6 nitrogen and oxygen atoms in total. The quantitative estimate of drug-likeness (QED) is 0.618. The van der Waals surface area contributed by atoms with E-state index in [9.17, 15) is 28.1 Å². The molecule has 0 saturated heterocycles. The van der Waals surface area contributed by atoms with Crippen molar-refractivity contribution in [1.82, 2.24) is 5.32 Å². The number of amides is 1. The highest BCUT2D eigenvalue weighted by molar-refractivity contribution is 5.98. The molecule has 1 rings (SSSR count). The molecule has 0 atom stereocenters. The van der Waals surface area contributed by atoms with Crippen LogP contribution in [0.2, 0.25) is 0 Å². The fourth-order valence-electron chi connectivity index (χ4n) is 1.90. The van der Waals surface area contributed by atoms with Gasteiger partial charge in [-0.1, -0.05) is 13.8 Å². The Hall–Kier alpha value is -2.16. The van der Waals surface area contributed by atoms with Gasteiger partial charge in [-0.3, -0.25) is 14.9 Å². The number of carbonyl (C=O) groups excluding carboxylic acids is 1. The van der Waals surface area contributed by atoms with E-state index in [-0.39, 0.29) is 6.54 Å². The Kier molecular flexibility index (Phi) is 5.70. The van der Waals surface area contributed by atoms with E-state index in [0.717, 1.165) is 6.07 Å². The lowest BCUT2D eigenvalue weighted by Gasteiger charge is -2.26. The van der Waals surface area contributed by atoms with E-state index in [4.69, 9.17) is 5.73 Å². The van der Waals surface area contributed by atoms with Gasteiger partial charge in [-0.2, -0.15) is 13.2 Å². The van der Waals surface area contributed by atoms with Crippen molar-refractivity contribution in [2.24, 2.45) is 5.73 Å². The monoisotopic (exact) mass is 333 g/mol. The second-order valence-electron chi connectivity index (χ2n) is 5.24. The predicted octanol–water partition coefficient (Wildman–Crippen LogP) is 2.86. The summed E-state index contributed by atoms with van der Waals surface area (Å²) in [4.78, 5) is 22.0. The maximum Gasteiger partial charge on any atom is 0.416 e. The summed E-state index contributed by atoms with van der Waals surface area (Å²) in [7, 11) is 0. The second-order valence-corrected chi connectivity index (χ2v) is 5.24. The minimum Gasteiger partial charge on any atom is -0.350 e. The maximum absolute atomic E-state index is 12.6. The van der Waals surface area contributed by atoms with E-state index in [1.54, 1.807) is 0 Å². The summed E-state index contributed by atoms with van der Waals surface area (Å²) in [6, 6.07) is 1.79. The molecular formula is C14H18F3N3O3. The number of halogens is 3. The van der Waals surface area contributed by atoms with Crippen molar-refractivity contribution in [1.29, 1.82) is 0 Å². The summed E-state index contributed by atoms with van der Waals surface area (Å²) < 4.78 is 37.9. The Labute approximate surface area is 131 Å². The lowest BCUT2D eigenvalue weighted by Crippen LogP contribution is -2.49. The van der Waals surface area contributed by atoms with Crippen molar-refractivity contribution in [2.45, 2.75) is 38.4 Å². The van der Waals surface area contributed by atoms with E-state index in [2.05, 4.69) is 5.32 Å². The molecule has 128 valence electrons. The van der Waals surface area contributed by atoms with E-state index >= 15 is 0 Å². The van der Waals surface area contributed by atoms with Crippen LogP contribution in [0.25, 0.3) is 0 Å². The second kappa shape index (κ2) is 6.95. The number of alkyl halides is 3. The molecule has 1 aromatic carbocycles. The van der Waals surface area contributed by atoms with Gasteiger partial charge in [0, 0.05) is 18.2 Å². The minimum absolute atomic E-state index is 0.0665. The van der Waals surface area contributed by atoms with Crippen molar-refractivity contribution >= 4 is 11.6 Å². The summed E-state index contributed by atoms with van der Waals surface area (Å²) in [5.74, 6) is -0.831. The molecule has 0 aliphatic heterocycles. The molecule has 0 radical (unpaired) electrons. The average molecular weight is 333 g/mol. The van der Waals surface area contributed by atoms with Crippen LogP contribution >= 0.6 is 0 Å². The first-order valence-corrected chi connectivity index (χ1v) is 6.96. The van der Waals surface area contributed by atoms with Crippen molar-refractivity contribution in [2.75, 3.05) is 6.54 Å². The average Bonchev–Trinajstić information content (AvgIpc) is 2.50. The zero-order valence-corrected chi connectivity index (χ0v) is 12.7. The van der Waals surface area contributed by atoms with E-state index in [0.29, 0.717) is 25.0 Å². The number of nitro benzene ring substituents is 1. The molecule has 0 bridgehead atoms. The summed E-state index contributed by atoms with van der Waals surface area (Å²) in [5.41, 5.74) is 2.82. The fourth-order valence-corrected chi connectivity index (χ4v) is 1.90. The van der Waals surface area contributed by atoms with Crippen LogP contribution in [0.5, 0.6) is 0 Å². The van der Waals surface area contributed by atoms with E-state index in [1.165, 1.54) is 0 Å². The van der Waals surface area contributed by atoms with E-state index < -0.39 is 39.4 Å². The Morgan fingerprint density at radius 3 is 2.30 bits per heavy atom. The molecule has 0 unspecified atom stereocenters. The zero-order valence-electron chi connectivity index (χ0n) is 12.7. The number of nitro groups is 1. The first kappa shape index (κ1) is 18.9. The predicted molar refractivity (Wildman–Crippen MR) is 77.9 cm³/mol. The number of nitrogens with two attached hydrogens (primary N) is 1. The summed E-state index contributed by atoms with van der Waals surface area (Å²) >= 11 is 0. The number of rotatable bonds is 6. The Balaban J connectivity index is 3.08. The van der Waals surface area contributed by atoms with Gasteiger partial charge < -0.3 is 11.1 Å². The first-order chi connectivity index (χ1) is 10.5. The van der Waals surface area contributed by atoms with E-state index in [1.807, 2.05) is 13.8 Å². The number of nitrogens with zero attached hydrogens (tertiary/aromatic N) is 1. The third kappa shape index (κ3) is 4.65. The molecule has 0 aliphatic rings. The Morgan fingerprint density at radius 1 is 1.30 bits per heavy atom. The largest absolute Gasteiger partial charge is 0.416 e. The van der Waals surface area contributed by atoms with Gasteiger partial charge >= 0.3 is 6.18 Å². The molecule has 1 amide bonds. The van der Waals surface area contributed by atoms with Crippen LogP contribution in [0.4, 0.5) is 18.9 Å². The standard InChI is InChI=1S/C14H18F3N3O3/c1-3-13(18,4-2)8-19-12(21)10-6-5-9(14(15,16)17)7-11(10)20(22)23/h5-7H,3-4,8,18H2,1-2H3,(H,19,21). The highest BCUT2D eigenvalue weighted by atomic mass is 19.4. The Bertz CT molecular complexity index is 599. The molecule has 0 aromatic heterocycles. The maximum atomic E-state index is 12.6. The van der Waals surface area contributed by atoms with Crippen molar-refractivity contribution in [3.63, 3.8) is 0 Å². The van der Waals surface area contributed by atoms with Gasteiger partial charge in [0.2, 0.25) is 0 Å². The number of nitrogens with one attached hydrogen (secondary N) is 1. The topological polar surface area (TPSA) is 98.3 Å². The van der Waals surface area contributed by atoms with Gasteiger partial charge in [0.15, 0.2) is 0 Å². The molecule has 3 N–H and O–H groups in total. The van der Waals surface area contributed by atoms with Crippen molar-refractivity contribution in [3.8, 4) is 0 Å². The lowest BCUT2D eigenvalue weighted by atomic mass is 9.94. The number of hydrogen-bond donors (Lipinski definition) is 2. The molecule has 0 spiro atoms. The van der Waals surface area contributed by atoms with Gasteiger partial charge in [-0.05, 0) is 25.0 Å². The van der Waals surface area contributed by atoms with Crippen LogP contribution in [0.3, 0.4) is 0 Å². The smallest absolute Gasteiger partial charge is 0.350 e. The summed E-state index contributed by atoms with van der Waals surface area (Å²) in [6.07, 6.45) is -3.59. The van der Waals surface area contributed by atoms with Crippen LogP contribution in [-0.2, 0) is 6.18 Å². The number of hydrogen-bond acceptors (Lipinski definition) is 4. The highest BCUT2D eigenvalue weighted by Gasteiger charge is 2.34. The molecular weight excluding hydrogens is 315 g/mol. The van der Waals surface area contributed by atoms with Crippen LogP contribution in [0.15, 0.2) is 18.2 Å². The minimum atomic E-state index is -4.73. The molecule has 9 heteroatoms. The number of benzene rings is 1. The molecule has 1 aromatic rings. The Morgan fingerprint density at radius 2 is 1.87 bits per heavy atom. The zero-order chi connectivity index (χ0) is 17.8. The molecule has 0 aliphatic carbocycles. The van der Waals surface area contributed by atoms with Crippen molar-refractivity contribution < 1.29 is 22.9 Å². The lowest BCUT2D eigenvalue weighted by molar-refractivity contribution is -0.385. The molecule has 0 saturated carbocycles. The molecule has 0 heterocycles. The summed E-state index contributed by atoms with van der Waals surface area (Å²) in [5, 5.41) is 13.4. The van der Waals surface area contributed by atoms with Gasteiger partial charge in [-0.15, -0.1) is 0 Å². The van der Waals surface area contributed by atoms with Gasteiger partial charge in [0.25, 0.3) is 11.6 Å². The number of carbonyl (C=O) groups is 1. The van der Waals surface area contributed by atoms with Crippen molar-refractivity contribution in [3.05, 3.63) is 39.4 Å². The van der Waals surface area contributed by atoms with Crippen LogP contribution in [0, 0.1) is 10.1 Å². The van der Waals surface area contributed by atoms with Gasteiger partial charge in [0.1, 0.15) is 5.56 Å². The molecule has 0 fully saturated rings. The third-order valence-corrected chi connectivity index (χ3v) is 3.78. The highest BCUT2D eigenvalue weighted by Crippen LogP contribution is 2.33. The first-order valence-electron chi connectivity index (χ1n) is 6.96. The third-order valence-electron chi connectivity index (χ3n) is 3.78. The SMILES string of the molecule is CCC(N)(CC)CNC(=O)c1ccc(C(F)(F)F)cc1[N+](=O)[O-]. The molecule has 23 heavy (non-hydrogen) atoms. The van der Waals surface area contributed by atoms with Crippen LogP contribution in [-0.4, -0.2) is 22.9 Å². The van der Waals surface area contributed by atoms with Crippen LogP contribution < -0.4 is 11.1 Å². The fraction of sp³-hybridized carbons (Fsp3) is 0.500.